The number of nitrogen functional groups attached to an aromatic ring is 2. The molecule has 0 bridgehead atoms. The Morgan fingerprint density at radius 3 is 2.62 bits per heavy atom. The Morgan fingerprint density at radius 1 is 1.15 bits per heavy atom. The van der Waals surface area contributed by atoms with Crippen LogP contribution in [0, 0.1) is 0 Å². The number of hydrogen-bond donors (Lipinski definition) is 3. The zero-order valence-corrected chi connectivity index (χ0v) is 6.86. The van der Waals surface area contributed by atoms with E-state index in [1.165, 1.54) is 6.33 Å². The molecule has 0 aliphatic heterocycles. The van der Waals surface area contributed by atoms with Crippen molar-refractivity contribution in [1.29, 1.82) is 0 Å². The molecule has 0 spiro atoms. The van der Waals surface area contributed by atoms with Crippen molar-refractivity contribution in [1.82, 2.24) is 15.2 Å². The zero-order chi connectivity index (χ0) is 9.26. The Morgan fingerprint density at radius 2 is 2.00 bits per heavy atom. The van der Waals surface area contributed by atoms with Crippen LogP contribution in [0.25, 0.3) is 11.4 Å². The highest BCUT2D eigenvalue weighted by molar-refractivity contribution is 5.71. The van der Waals surface area contributed by atoms with E-state index < -0.39 is 0 Å². The van der Waals surface area contributed by atoms with E-state index in [-0.39, 0.29) is 0 Å². The first-order chi connectivity index (χ1) is 6.27. The fourth-order valence-electron chi connectivity index (χ4n) is 1.07. The highest BCUT2D eigenvalue weighted by atomic mass is 15.2. The van der Waals surface area contributed by atoms with E-state index in [4.69, 9.17) is 11.5 Å². The van der Waals surface area contributed by atoms with Crippen LogP contribution in [0.2, 0.25) is 0 Å². The van der Waals surface area contributed by atoms with Crippen LogP contribution >= 0.6 is 0 Å². The van der Waals surface area contributed by atoms with Crippen molar-refractivity contribution in [3.63, 3.8) is 0 Å². The maximum absolute atomic E-state index is 5.64. The maximum atomic E-state index is 5.64. The minimum absolute atomic E-state index is 0.550. The monoisotopic (exact) mass is 175 g/mol. The lowest BCUT2D eigenvalue weighted by Gasteiger charge is -2.01. The van der Waals surface area contributed by atoms with Crippen LogP contribution in [0.1, 0.15) is 0 Å². The van der Waals surface area contributed by atoms with Crippen molar-refractivity contribution in [2.45, 2.75) is 0 Å². The third-order valence-corrected chi connectivity index (χ3v) is 1.78. The molecule has 5 heteroatoms. The van der Waals surface area contributed by atoms with E-state index in [2.05, 4.69) is 15.2 Å². The second-order valence-corrected chi connectivity index (χ2v) is 2.68. The van der Waals surface area contributed by atoms with Crippen LogP contribution in [0.5, 0.6) is 0 Å². The minimum atomic E-state index is 0.550. The molecule has 0 aliphatic carbocycles. The van der Waals surface area contributed by atoms with Gasteiger partial charge in [0.1, 0.15) is 6.33 Å². The lowest BCUT2D eigenvalue weighted by atomic mass is 10.1. The van der Waals surface area contributed by atoms with Crippen molar-refractivity contribution in [3.05, 3.63) is 24.5 Å². The van der Waals surface area contributed by atoms with Crippen molar-refractivity contribution in [3.8, 4) is 11.4 Å². The molecule has 1 aromatic heterocycles. The average Bonchev–Trinajstić information content (AvgIpc) is 2.62. The van der Waals surface area contributed by atoms with Crippen LogP contribution in [-0.2, 0) is 0 Å². The Hall–Kier alpha value is -2.04. The SMILES string of the molecule is Nc1ccc(-c2ncn[nH]2)cc1N. The first-order valence-electron chi connectivity index (χ1n) is 3.78. The largest absolute Gasteiger partial charge is 0.397 e. The molecule has 13 heavy (non-hydrogen) atoms. The fraction of sp³-hybridized carbons (Fsp3) is 0. The summed E-state index contributed by atoms with van der Waals surface area (Å²) in [5, 5.41) is 6.49. The van der Waals surface area contributed by atoms with Gasteiger partial charge in [0.25, 0.3) is 0 Å². The summed E-state index contributed by atoms with van der Waals surface area (Å²) in [5.74, 6) is 0.687. The predicted octanol–water partition coefficient (Wildman–Crippen LogP) is 0.636. The number of anilines is 2. The Balaban J connectivity index is 2.49. The molecular weight excluding hydrogens is 166 g/mol. The Kier molecular flexibility index (Phi) is 1.63. The van der Waals surface area contributed by atoms with Crippen molar-refractivity contribution in [2.24, 2.45) is 0 Å². The normalized spacial score (nSPS) is 10.2. The third-order valence-electron chi connectivity index (χ3n) is 1.78. The highest BCUT2D eigenvalue weighted by Crippen LogP contribution is 2.21. The van der Waals surface area contributed by atoms with Crippen LogP contribution in [-0.4, -0.2) is 15.2 Å². The van der Waals surface area contributed by atoms with Gasteiger partial charge in [0, 0.05) is 5.56 Å². The van der Waals surface area contributed by atoms with Gasteiger partial charge < -0.3 is 11.5 Å². The lowest BCUT2D eigenvalue weighted by molar-refractivity contribution is 1.10. The van der Waals surface area contributed by atoms with Gasteiger partial charge >= 0.3 is 0 Å². The third kappa shape index (κ3) is 1.31. The number of rotatable bonds is 1. The molecule has 0 atom stereocenters. The summed E-state index contributed by atoms with van der Waals surface area (Å²) < 4.78 is 0. The Bertz CT molecular complexity index is 406. The van der Waals surface area contributed by atoms with E-state index in [9.17, 15) is 0 Å². The molecule has 2 rings (SSSR count). The van der Waals surface area contributed by atoms with Crippen molar-refractivity contribution >= 4 is 11.4 Å². The smallest absolute Gasteiger partial charge is 0.155 e. The number of aromatic amines is 1. The number of nitrogens with zero attached hydrogens (tertiary/aromatic N) is 2. The van der Waals surface area contributed by atoms with Crippen LogP contribution < -0.4 is 11.5 Å². The molecular formula is C8H9N5. The van der Waals surface area contributed by atoms with Gasteiger partial charge in [0.2, 0.25) is 0 Å². The summed E-state index contributed by atoms with van der Waals surface area (Å²) in [6, 6.07) is 5.34. The standard InChI is InChI=1S/C8H9N5/c9-6-2-1-5(3-7(6)10)8-11-4-12-13-8/h1-4H,9-10H2,(H,11,12,13). The molecule has 5 N–H and O–H groups in total. The molecule has 0 unspecified atom stereocenters. The van der Waals surface area contributed by atoms with Gasteiger partial charge in [-0.05, 0) is 18.2 Å². The van der Waals surface area contributed by atoms with Crippen LogP contribution in [0.4, 0.5) is 11.4 Å². The summed E-state index contributed by atoms with van der Waals surface area (Å²) in [4.78, 5) is 3.99. The quantitative estimate of drug-likeness (QED) is 0.554. The molecule has 0 radical (unpaired) electrons. The number of nitrogens with two attached hydrogens (primary N) is 2. The molecule has 1 heterocycles. The van der Waals surface area contributed by atoms with Crippen molar-refractivity contribution < 1.29 is 0 Å². The zero-order valence-electron chi connectivity index (χ0n) is 6.86. The van der Waals surface area contributed by atoms with Crippen LogP contribution in [0.3, 0.4) is 0 Å². The maximum Gasteiger partial charge on any atom is 0.155 e. The minimum Gasteiger partial charge on any atom is -0.397 e. The van der Waals surface area contributed by atoms with E-state index in [0.29, 0.717) is 17.2 Å². The van der Waals surface area contributed by atoms with E-state index in [1.807, 2.05) is 6.07 Å². The predicted molar refractivity (Wildman–Crippen MR) is 50.6 cm³/mol. The summed E-state index contributed by atoms with van der Waals surface area (Å²) in [6.45, 7) is 0. The first kappa shape index (κ1) is 7.60. The van der Waals surface area contributed by atoms with E-state index in [1.54, 1.807) is 12.1 Å². The van der Waals surface area contributed by atoms with E-state index >= 15 is 0 Å². The molecule has 2 aromatic rings. The summed E-state index contributed by atoms with van der Waals surface area (Å²) >= 11 is 0. The molecule has 0 fully saturated rings. The lowest BCUT2D eigenvalue weighted by Crippen LogP contribution is -1.94. The van der Waals surface area contributed by atoms with Gasteiger partial charge in [-0.25, -0.2) is 4.98 Å². The molecule has 0 saturated heterocycles. The van der Waals surface area contributed by atoms with Gasteiger partial charge in [-0.3, -0.25) is 5.10 Å². The molecule has 1 aromatic carbocycles. The molecule has 0 amide bonds. The number of benzene rings is 1. The van der Waals surface area contributed by atoms with Gasteiger partial charge in [-0.1, -0.05) is 0 Å². The number of aromatic nitrogens is 3. The fourth-order valence-corrected chi connectivity index (χ4v) is 1.07. The summed E-state index contributed by atoms with van der Waals surface area (Å²) in [6.07, 6.45) is 1.45. The van der Waals surface area contributed by atoms with Crippen LogP contribution in [0.15, 0.2) is 24.5 Å². The van der Waals surface area contributed by atoms with Gasteiger partial charge in [0.15, 0.2) is 5.82 Å². The van der Waals surface area contributed by atoms with Gasteiger partial charge in [-0.15, -0.1) is 0 Å². The summed E-state index contributed by atoms with van der Waals surface area (Å²) in [7, 11) is 0. The van der Waals surface area contributed by atoms with Crippen molar-refractivity contribution in [2.75, 3.05) is 11.5 Å². The topological polar surface area (TPSA) is 93.6 Å². The highest BCUT2D eigenvalue weighted by Gasteiger charge is 2.01. The number of H-pyrrole nitrogens is 1. The van der Waals surface area contributed by atoms with Gasteiger partial charge in [-0.2, -0.15) is 5.10 Å². The first-order valence-corrected chi connectivity index (χ1v) is 3.78. The van der Waals surface area contributed by atoms with Gasteiger partial charge in [0.05, 0.1) is 11.4 Å². The molecule has 0 saturated carbocycles. The summed E-state index contributed by atoms with van der Waals surface area (Å²) in [5.41, 5.74) is 13.2. The average molecular weight is 175 g/mol. The molecule has 5 nitrogen and oxygen atoms in total. The second-order valence-electron chi connectivity index (χ2n) is 2.68. The Labute approximate surface area is 74.8 Å². The van der Waals surface area contributed by atoms with E-state index in [0.717, 1.165) is 5.56 Å². The number of nitrogens with one attached hydrogen (secondary N) is 1. The molecule has 0 aliphatic rings. The number of hydrogen-bond acceptors (Lipinski definition) is 4. The molecule has 66 valence electrons. The second kappa shape index (κ2) is 2.78.